The summed E-state index contributed by atoms with van der Waals surface area (Å²) in [6.45, 7) is 3.54. The van der Waals surface area contributed by atoms with Gasteiger partial charge in [-0.1, -0.05) is 18.2 Å². The summed E-state index contributed by atoms with van der Waals surface area (Å²) < 4.78 is 46.0. The van der Waals surface area contributed by atoms with Gasteiger partial charge in [0.2, 0.25) is 15.9 Å². The quantitative estimate of drug-likeness (QED) is 0.495. The number of rotatable bonds is 10. The van der Waals surface area contributed by atoms with Gasteiger partial charge in [0.15, 0.2) is 17.3 Å². The number of nitrogens with zero attached hydrogens (tertiary/aromatic N) is 1. The van der Waals surface area contributed by atoms with Crippen molar-refractivity contribution in [3.8, 4) is 5.75 Å². The summed E-state index contributed by atoms with van der Waals surface area (Å²) in [5.74, 6) is -0.524. The zero-order valence-corrected chi connectivity index (χ0v) is 20.2. The molecule has 2 aromatic rings. The van der Waals surface area contributed by atoms with Crippen molar-refractivity contribution in [1.29, 1.82) is 0 Å². The number of likely N-dealkylation sites (tertiary alicyclic amines) is 1. The van der Waals surface area contributed by atoms with Crippen LogP contribution in [0.5, 0.6) is 5.75 Å². The van der Waals surface area contributed by atoms with Crippen LogP contribution in [0.4, 0.5) is 4.39 Å². The smallest absolute Gasteiger partial charge is 0.240 e. The number of carbonyl (C=O) groups is 2. The molecule has 3 rings (SSSR count). The maximum atomic E-state index is 13.9. The summed E-state index contributed by atoms with van der Waals surface area (Å²) >= 11 is 0. The molecule has 0 unspecified atom stereocenters. The fourth-order valence-electron chi connectivity index (χ4n) is 3.85. The van der Waals surface area contributed by atoms with Gasteiger partial charge in [0.25, 0.3) is 0 Å². The first-order chi connectivity index (χ1) is 16.2. The first-order valence-electron chi connectivity index (χ1n) is 11.1. The number of ketones is 1. The Morgan fingerprint density at radius 1 is 1.12 bits per heavy atom. The first-order valence-corrected chi connectivity index (χ1v) is 12.6. The number of hydrogen-bond donors (Lipinski definition) is 2. The molecule has 0 radical (unpaired) electrons. The van der Waals surface area contributed by atoms with Gasteiger partial charge in [0, 0.05) is 44.2 Å². The van der Waals surface area contributed by atoms with Crippen molar-refractivity contribution in [2.75, 3.05) is 26.7 Å². The third-order valence-corrected chi connectivity index (χ3v) is 7.27. The van der Waals surface area contributed by atoms with Crippen molar-refractivity contribution < 1.29 is 27.1 Å². The van der Waals surface area contributed by atoms with Gasteiger partial charge < -0.3 is 10.1 Å². The first kappa shape index (κ1) is 25.8. The van der Waals surface area contributed by atoms with Crippen LogP contribution in [0.2, 0.25) is 0 Å². The average Bonchev–Trinajstić information content (AvgIpc) is 2.80. The average molecular weight is 492 g/mol. The highest BCUT2D eigenvalue weighted by atomic mass is 32.2. The maximum absolute atomic E-state index is 13.9. The van der Waals surface area contributed by atoms with Gasteiger partial charge in [-0.2, -0.15) is 0 Å². The number of ether oxygens (including phenoxy) is 1. The molecule has 10 heteroatoms. The van der Waals surface area contributed by atoms with Crippen molar-refractivity contribution in [3.63, 3.8) is 0 Å². The molecule has 184 valence electrons. The number of sulfonamides is 1. The molecule has 2 aromatic carbocycles. The van der Waals surface area contributed by atoms with Crippen molar-refractivity contribution >= 4 is 21.7 Å². The van der Waals surface area contributed by atoms with E-state index in [0.29, 0.717) is 12.1 Å². The summed E-state index contributed by atoms with van der Waals surface area (Å²) in [5, 5.41) is 2.96. The van der Waals surface area contributed by atoms with E-state index < -0.39 is 10.0 Å². The molecule has 1 fully saturated rings. The highest BCUT2D eigenvalue weighted by Crippen LogP contribution is 2.20. The van der Waals surface area contributed by atoms with E-state index in [-0.39, 0.29) is 47.2 Å². The Bertz CT molecular complexity index is 1110. The molecule has 0 saturated carbocycles. The summed E-state index contributed by atoms with van der Waals surface area (Å²) in [4.78, 5) is 25.8. The third kappa shape index (κ3) is 7.09. The largest absolute Gasteiger partial charge is 0.494 e. The number of benzene rings is 2. The minimum absolute atomic E-state index is 0.0204. The number of carbonyl (C=O) groups excluding carboxylic acids is 2. The van der Waals surface area contributed by atoms with E-state index >= 15 is 0 Å². The van der Waals surface area contributed by atoms with Crippen molar-refractivity contribution in [3.05, 3.63) is 59.4 Å². The Balaban J connectivity index is 1.39. The van der Waals surface area contributed by atoms with Crippen LogP contribution in [-0.2, 0) is 21.4 Å². The molecule has 1 aliphatic rings. The van der Waals surface area contributed by atoms with Crippen LogP contribution >= 0.6 is 0 Å². The number of methoxy groups -OCH3 is 1. The SMILES string of the molecule is COc1ccc(CN2CCC(NC(=O)CCNS(=O)(=O)c3ccc(C(C)=O)cc3)CC2)cc1F. The molecule has 1 aliphatic heterocycles. The lowest BCUT2D eigenvalue weighted by atomic mass is 10.0. The Morgan fingerprint density at radius 3 is 2.38 bits per heavy atom. The second-order valence-corrected chi connectivity index (χ2v) is 10.1. The Hall–Kier alpha value is -2.82. The molecule has 2 N–H and O–H groups in total. The molecule has 1 amide bonds. The van der Waals surface area contributed by atoms with Crippen LogP contribution in [0.1, 0.15) is 42.1 Å². The van der Waals surface area contributed by atoms with Crippen LogP contribution in [0.25, 0.3) is 0 Å². The van der Waals surface area contributed by atoms with Crippen molar-refractivity contribution in [2.45, 2.75) is 43.7 Å². The lowest BCUT2D eigenvalue weighted by Crippen LogP contribution is -2.45. The van der Waals surface area contributed by atoms with Gasteiger partial charge in [-0.05, 0) is 49.6 Å². The fourth-order valence-corrected chi connectivity index (χ4v) is 4.88. The van der Waals surface area contributed by atoms with Crippen LogP contribution in [0.15, 0.2) is 47.4 Å². The van der Waals surface area contributed by atoms with Crippen LogP contribution in [-0.4, -0.2) is 57.8 Å². The fraction of sp³-hybridized carbons (Fsp3) is 0.417. The minimum atomic E-state index is -3.76. The Labute approximate surface area is 199 Å². The normalized spacial score (nSPS) is 15.1. The standard InChI is InChI=1S/C24H30FN3O5S/c1-17(29)19-4-6-21(7-5-19)34(31,32)26-12-9-24(30)27-20-10-13-28(14-11-20)16-18-3-8-23(33-2)22(25)15-18/h3-8,15,20,26H,9-14,16H2,1-2H3,(H,27,30). The summed E-state index contributed by atoms with van der Waals surface area (Å²) in [7, 11) is -2.33. The number of hydrogen-bond acceptors (Lipinski definition) is 6. The van der Waals surface area contributed by atoms with Gasteiger partial charge in [0.05, 0.1) is 12.0 Å². The Kier molecular flexibility index (Phi) is 8.76. The molecule has 34 heavy (non-hydrogen) atoms. The predicted octanol–water partition coefficient (Wildman–Crippen LogP) is 2.49. The van der Waals surface area contributed by atoms with E-state index in [9.17, 15) is 22.4 Å². The zero-order chi connectivity index (χ0) is 24.7. The molecule has 0 atom stereocenters. The van der Waals surface area contributed by atoms with E-state index in [1.807, 2.05) is 6.07 Å². The van der Waals surface area contributed by atoms with Crippen molar-refractivity contribution in [1.82, 2.24) is 14.9 Å². The second-order valence-electron chi connectivity index (χ2n) is 8.32. The Morgan fingerprint density at radius 2 is 1.79 bits per heavy atom. The molecule has 1 saturated heterocycles. The van der Waals surface area contributed by atoms with Gasteiger partial charge in [-0.3, -0.25) is 14.5 Å². The van der Waals surface area contributed by atoms with E-state index in [2.05, 4.69) is 14.9 Å². The monoisotopic (exact) mass is 491 g/mol. The molecule has 0 bridgehead atoms. The van der Waals surface area contributed by atoms with Crippen LogP contribution < -0.4 is 14.8 Å². The second kappa shape index (κ2) is 11.5. The van der Waals surface area contributed by atoms with E-state index in [1.54, 1.807) is 6.07 Å². The molecular formula is C24H30FN3O5S. The third-order valence-electron chi connectivity index (χ3n) is 5.79. The molecular weight excluding hydrogens is 461 g/mol. The summed E-state index contributed by atoms with van der Waals surface area (Å²) in [5.41, 5.74) is 1.30. The summed E-state index contributed by atoms with van der Waals surface area (Å²) in [6, 6.07) is 10.6. The highest BCUT2D eigenvalue weighted by Gasteiger charge is 2.21. The topological polar surface area (TPSA) is 105 Å². The van der Waals surface area contributed by atoms with E-state index in [1.165, 1.54) is 44.4 Å². The molecule has 0 spiro atoms. The minimum Gasteiger partial charge on any atom is -0.494 e. The molecule has 8 nitrogen and oxygen atoms in total. The maximum Gasteiger partial charge on any atom is 0.240 e. The number of Topliss-reactive ketones (excluding diaryl/α,β-unsaturated/α-hetero) is 1. The number of amides is 1. The summed E-state index contributed by atoms with van der Waals surface area (Å²) in [6.07, 6.45) is 1.55. The highest BCUT2D eigenvalue weighted by molar-refractivity contribution is 7.89. The number of nitrogens with one attached hydrogen (secondary N) is 2. The van der Waals surface area contributed by atoms with E-state index in [0.717, 1.165) is 31.5 Å². The molecule has 0 aliphatic carbocycles. The van der Waals surface area contributed by atoms with Gasteiger partial charge in [-0.25, -0.2) is 17.5 Å². The van der Waals surface area contributed by atoms with Gasteiger partial charge in [-0.15, -0.1) is 0 Å². The van der Waals surface area contributed by atoms with Crippen molar-refractivity contribution in [2.24, 2.45) is 0 Å². The lowest BCUT2D eigenvalue weighted by molar-refractivity contribution is -0.121. The predicted molar refractivity (Wildman–Crippen MR) is 126 cm³/mol. The van der Waals surface area contributed by atoms with Crippen LogP contribution in [0, 0.1) is 5.82 Å². The van der Waals surface area contributed by atoms with Gasteiger partial charge in [0.1, 0.15) is 0 Å². The zero-order valence-electron chi connectivity index (χ0n) is 19.3. The van der Waals surface area contributed by atoms with E-state index in [4.69, 9.17) is 4.74 Å². The molecule has 0 aromatic heterocycles. The lowest BCUT2D eigenvalue weighted by Gasteiger charge is -2.32. The van der Waals surface area contributed by atoms with Gasteiger partial charge >= 0.3 is 0 Å². The number of piperidine rings is 1. The number of halogens is 1. The molecule has 1 heterocycles. The van der Waals surface area contributed by atoms with Crippen LogP contribution in [0.3, 0.4) is 0 Å².